The Labute approximate surface area is 212 Å². The minimum absolute atomic E-state index is 0.0676. The van der Waals surface area contributed by atoms with Gasteiger partial charge in [-0.25, -0.2) is 13.6 Å². The van der Waals surface area contributed by atoms with E-state index in [-0.39, 0.29) is 11.4 Å². The number of halogens is 4. The summed E-state index contributed by atoms with van der Waals surface area (Å²) in [5.74, 6) is -0.0676. The molecule has 0 fully saturated rings. The number of para-hydroxylation sites is 1. The van der Waals surface area contributed by atoms with E-state index in [0.29, 0.717) is 45.1 Å². The van der Waals surface area contributed by atoms with Crippen molar-refractivity contribution in [2.45, 2.75) is 27.7 Å². The summed E-state index contributed by atoms with van der Waals surface area (Å²) in [6, 6.07) is 13.4. The number of aryl methyl sites for hydroxylation is 2. The van der Waals surface area contributed by atoms with Gasteiger partial charge in [-0.15, -0.1) is 0 Å². The molecule has 0 saturated carbocycles. The molecular weight excluding hydrogens is 482 g/mol. The summed E-state index contributed by atoms with van der Waals surface area (Å²) in [4.78, 5) is 9.48. The fourth-order valence-corrected chi connectivity index (χ4v) is 4.94. The van der Waals surface area contributed by atoms with Gasteiger partial charge in [0.1, 0.15) is 17.1 Å². The van der Waals surface area contributed by atoms with Crippen LogP contribution in [0.15, 0.2) is 77.1 Å². The van der Waals surface area contributed by atoms with E-state index in [1.807, 2.05) is 19.9 Å². The summed E-state index contributed by atoms with van der Waals surface area (Å²) >= 11 is 0. The molecule has 4 heterocycles. The molecule has 0 radical (unpaired) electrons. The van der Waals surface area contributed by atoms with Crippen molar-refractivity contribution < 1.29 is 21.9 Å². The third-order valence-corrected chi connectivity index (χ3v) is 6.30. The van der Waals surface area contributed by atoms with Gasteiger partial charge < -0.3 is 9.13 Å². The third-order valence-electron chi connectivity index (χ3n) is 6.30. The minimum atomic E-state index is -3.05. The molecule has 37 heavy (non-hydrogen) atoms. The molecule has 0 aliphatic carbocycles. The zero-order valence-corrected chi connectivity index (χ0v) is 20.6. The van der Waals surface area contributed by atoms with Crippen LogP contribution >= 0.6 is 0 Å². The normalized spacial score (nSPS) is 14.6. The molecule has 0 unspecified atom stereocenters. The maximum absolute atomic E-state index is 14.5. The average molecular weight is 504 g/mol. The predicted molar refractivity (Wildman–Crippen MR) is 139 cm³/mol. The van der Waals surface area contributed by atoms with Crippen molar-refractivity contribution in [3.05, 3.63) is 94.7 Å². The molecule has 1 aliphatic heterocycles. The number of aliphatic imine (C=N–C) groups is 1. The molecule has 1 aliphatic rings. The zero-order valence-electron chi connectivity index (χ0n) is 20.6. The first-order valence-corrected chi connectivity index (χ1v) is 11.6. The summed E-state index contributed by atoms with van der Waals surface area (Å²) in [5, 5.41) is 0. The lowest BCUT2D eigenvalue weighted by Gasteiger charge is -2.18. The van der Waals surface area contributed by atoms with Gasteiger partial charge in [-0.3, -0.25) is 18.0 Å². The highest BCUT2D eigenvalue weighted by Gasteiger charge is 2.33. The van der Waals surface area contributed by atoms with Crippen LogP contribution < -0.4 is 4.65 Å². The van der Waals surface area contributed by atoms with Gasteiger partial charge >= 0.3 is 14.9 Å². The van der Waals surface area contributed by atoms with Gasteiger partial charge in [-0.1, -0.05) is 18.2 Å². The lowest BCUT2D eigenvalue weighted by molar-refractivity contribution is 0.427. The quantitative estimate of drug-likeness (QED) is 0.218. The lowest BCUT2D eigenvalue weighted by Crippen LogP contribution is -2.19. The number of allylic oxidation sites excluding steroid dienone is 2. The molecule has 4 aromatic rings. The van der Waals surface area contributed by atoms with Crippen molar-refractivity contribution in [2.75, 3.05) is 0 Å². The van der Waals surface area contributed by atoms with Crippen molar-refractivity contribution in [2.24, 2.45) is 4.99 Å². The lowest BCUT2D eigenvalue weighted by atomic mass is 9.95. The van der Waals surface area contributed by atoms with Crippen LogP contribution in [0.4, 0.5) is 17.3 Å². The van der Waals surface area contributed by atoms with Crippen molar-refractivity contribution in [1.29, 1.82) is 0 Å². The van der Waals surface area contributed by atoms with E-state index in [9.17, 15) is 17.3 Å². The van der Waals surface area contributed by atoms with Crippen LogP contribution in [-0.4, -0.2) is 34.4 Å². The Hall–Kier alpha value is -4.01. The number of nitrogens with zero attached hydrogens (tertiary/aromatic N) is 4. The van der Waals surface area contributed by atoms with Crippen LogP contribution in [0.25, 0.3) is 22.5 Å². The standard InChI is InChI=1S/C26H22B2F4N4O/c1-15-13-17(3)33-23(15)22(25-16(2)14-18(4)36(25)27(29)30)26-24(34-21-11-7-8-12-35(21)26)19-9-5-6-10-20(19)37-28(31)32/h5-14H,1-4H3/b23-22-. The molecule has 0 N–H and O–H groups in total. The second kappa shape index (κ2) is 9.46. The van der Waals surface area contributed by atoms with Gasteiger partial charge in [0.15, 0.2) is 0 Å². The van der Waals surface area contributed by atoms with Gasteiger partial charge in [-0.05, 0) is 75.2 Å². The number of imidazole rings is 1. The smallest absolute Gasteiger partial charge is 0.505 e. The molecule has 0 saturated heterocycles. The maximum Gasteiger partial charge on any atom is 0.796 e. The van der Waals surface area contributed by atoms with Crippen LogP contribution in [0, 0.1) is 13.8 Å². The van der Waals surface area contributed by atoms with Gasteiger partial charge in [0.25, 0.3) is 0 Å². The molecule has 3 aromatic heterocycles. The Morgan fingerprint density at radius 1 is 0.919 bits per heavy atom. The molecule has 186 valence electrons. The third kappa shape index (κ3) is 4.28. The number of hydrogen-bond donors (Lipinski definition) is 0. The molecule has 5 rings (SSSR count). The second-order valence-electron chi connectivity index (χ2n) is 8.88. The van der Waals surface area contributed by atoms with E-state index < -0.39 is 14.9 Å². The van der Waals surface area contributed by atoms with Crippen molar-refractivity contribution >= 4 is 31.8 Å². The SMILES string of the molecule is CC1=CC(C)=N/C1=C(/c1c(C)cc(C)n1B(F)F)c1c(-c2ccccc2OB(F)F)nc2ccccn12. The van der Waals surface area contributed by atoms with Crippen LogP contribution in [-0.2, 0) is 0 Å². The molecular formula is C26H22B2F4N4O. The number of hydrogen-bond acceptors (Lipinski definition) is 3. The molecule has 0 spiro atoms. The minimum Gasteiger partial charge on any atom is -0.505 e. The van der Waals surface area contributed by atoms with E-state index in [1.165, 1.54) is 6.07 Å². The molecule has 5 nitrogen and oxygen atoms in total. The Bertz CT molecular complexity index is 1620. The van der Waals surface area contributed by atoms with Gasteiger partial charge in [0, 0.05) is 34.4 Å². The molecule has 0 atom stereocenters. The molecule has 1 aromatic carbocycles. The fourth-order valence-electron chi connectivity index (χ4n) is 4.94. The van der Waals surface area contributed by atoms with Crippen LogP contribution in [0.2, 0.25) is 0 Å². The summed E-state index contributed by atoms with van der Waals surface area (Å²) in [6.07, 6.45) is 3.64. The predicted octanol–water partition coefficient (Wildman–Crippen LogP) is 6.67. The first kappa shape index (κ1) is 24.7. The van der Waals surface area contributed by atoms with E-state index in [0.717, 1.165) is 15.8 Å². The first-order chi connectivity index (χ1) is 17.7. The van der Waals surface area contributed by atoms with Crippen molar-refractivity contribution in [3.63, 3.8) is 0 Å². The van der Waals surface area contributed by atoms with Crippen LogP contribution in [0.5, 0.6) is 5.75 Å². The molecule has 0 amide bonds. The highest BCUT2D eigenvalue weighted by Crippen LogP contribution is 2.43. The average Bonchev–Trinajstić information content (AvgIpc) is 3.47. The monoisotopic (exact) mass is 504 g/mol. The Morgan fingerprint density at radius 2 is 1.65 bits per heavy atom. The van der Waals surface area contributed by atoms with Crippen molar-refractivity contribution in [1.82, 2.24) is 13.9 Å². The number of aromatic nitrogens is 3. The number of rotatable bonds is 6. The van der Waals surface area contributed by atoms with E-state index in [2.05, 4.69) is 0 Å². The van der Waals surface area contributed by atoms with E-state index in [1.54, 1.807) is 66.9 Å². The van der Waals surface area contributed by atoms with Gasteiger partial charge in [0.2, 0.25) is 0 Å². The Kier molecular flexibility index (Phi) is 6.31. The largest absolute Gasteiger partial charge is 0.796 e. The highest BCUT2D eigenvalue weighted by atomic mass is 19.2. The Morgan fingerprint density at radius 3 is 2.32 bits per heavy atom. The molecule has 0 bridgehead atoms. The number of pyridine rings is 1. The van der Waals surface area contributed by atoms with Gasteiger partial charge in [-0.2, -0.15) is 0 Å². The maximum atomic E-state index is 14.5. The van der Waals surface area contributed by atoms with Crippen LogP contribution in [0.1, 0.15) is 36.5 Å². The Balaban J connectivity index is 1.95. The number of benzene rings is 1. The number of fused-ring (bicyclic) bond motifs is 1. The fraction of sp³-hybridized carbons (Fsp3) is 0.154. The highest BCUT2D eigenvalue weighted by molar-refractivity contribution is 6.41. The van der Waals surface area contributed by atoms with E-state index in [4.69, 9.17) is 14.6 Å². The summed E-state index contributed by atoms with van der Waals surface area (Å²) < 4.78 is 63.1. The first-order valence-electron chi connectivity index (χ1n) is 11.6. The van der Waals surface area contributed by atoms with E-state index >= 15 is 0 Å². The summed E-state index contributed by atoms with van der Waals surface area (Å²) in [5.41, 5.74) is 5.35. The summed E-state index contributed by atoms with van der Waals surface area (Å²) in [6.45, 7) is 7.09. The second-order valence-corrected chi connectivity index (χ2v) is 8.88. The zero-order chi connectivity index (χ0) is 26.4. The molecule has 11 heteroatoms. The van der Waals surface area contributed by atoms with Crippen LogP contribution in [0.3, 0.4) is 0 Å². The summed E-state index contributed by atoms with van der Waals surface area (Å²) in [7, 11) is -5.86. The topological polar surface area (TPSA) is 43.8 Å². The van der Waals surface area contributed by atoms with Gasteiger partial charge in [0.05, 0.1) is 11.4 Å². The van der Waals surface area contributed by atoms with Crippen molar-refractivity contribution in [3.8, 4) is 17.0 Å².